The van der Waals surface area contributed by atoms with Crippen molar-refractivity contribution >= 4 is 11.9 Å². The Kier molecular flexibility index (Phi) is 9.51. The number of ether oxygens (including phenoxy) is 1. The first-order valence-corrected chi connectivity index (χ1v) is 11.5. The number of nitrogens with zero attached hydrogens (tertiary/aromatic N) is 1. The van der Waals surface area contributed by atoms with E-state index in [9.17, 15) is 0 Å². The molecule has 2 aliphatic rings. The van der Waals surface area contributed by atoms with E-state index in [0.717, 1.165) is 37.5 Å². The van der Waals surface area contributed by atoms with Gasteiger partial charge in [0.2, 0.25) is 0 Å². The number of fused-ring (bicyclic) bond motifs is 1. The first-order valence-electron chi connectivity index (χ1n) is 11.5. The highest BCUT2D eigenvalue weighted by molar-refractivity contribution is 6.27. The molecule has 2 heterocycles. The molecule has 0 aromatic heterocycles. The second-order valence-corrected chi connectivity index (χ2v) is 9.97. The molecule has 174 valence electrons. The lowest BCUT2D eigenvalue weighted by Gasteiger charge is -2.40. The molecular weight excluding hydrogens is 394 g/mol. The maximum Gasteiger partial charge on any atom is 0.414 e. The average Bonchev–Trinajstić information content (AvgIpc) is 3.10. The van der Waals surface area contributed by atoms with Gasteiger partial charge in [-0.2, -0.15) is 0 Å². The molecule has 0 saturated carbocycles. The lowest BCUT2D eigenvalue weighted by Crippen LogP contribution is -2.37. The quantitative estimate of drug-likeness (QED) is 0.600. The second-order valence-electron chi connectivity index (χ2n) is 9.97. The SMILES string of the molecule is CC(C)CCC(CCN1Cc2ccccc2C1)C1CCOC(C)(C)C1.O=C(O)C(=O)O. The summed E-state index contributed by atoms with van der Waals surface area (Å²) in [5.74, 6) is -1.14. The van der Waals surface area contributed by atoms with Crippen LogP contribution in [0.15, 0.2) is 24.3 Å². The van der Waals surface area contributed by atoms with E-state index in [2.05, 4.69) is 56.9 Å². The van der Waals surface area contributed by atoms with Crippen molar-refractivity contribution in [3.63, 3.8) is 0 Å². The molecule has 0 aliphatic carbocycles. The lowest BCUT2D eigenvalue weighted by molar-refractivity contribution is -0.159. The molecule has 1 fully saturated rings. The molecule has 2 atom stereocenters. The minimum atomic E-state index is -1.82. The Labute approximate surface area is 186 Å². The van der Waals surface area contributed by atoms with Gasteiger partial charge >= 0.3 is 11.9 Å². The molecule has 1 aromatic rings. The van der Waals surface area contributed by atoms with E-state index in [1.54, 1.807) is 0 Å². The minimum Gasteiger partial charge on any atom is -0.473 e. The Morgan fingerprint density at radius 3 is 2.13 bits per heavy atom. The van der Waals surface area contributed by atoms with E-state index >= 15 is 0 Å². The number of carbonyl (C=O) groups is 2. The van der Waals surface area contributed by atoms with Crippen molar-refractivity contribution in [3.8, 4) is 0 Å². The van der Waals surface area contributed by atoms with Crippen molar-refractivity contribution in [1.82, 2.24) is 4.90 Å². The Morgan fingerprint density at radius 2 is 1.65 bits per heavy atom. The first kappa shape index (κ1) is 25.3. The number of carboxylic acids is 2. The van der Waals surface area contributed by atoms with Crippen LogP contribution in [0.3, 0.4) is 0 Å². The molecule has 2 N–H and O–H groups in total. The minimum absolute atomic E-state index is 0.0723. The fraction of sp³-hybridized carbons (Fsp3) is 0.680. The summed E-state index contributed by atoms with van der Waals surface area (Å²) in [5, 5.41) is 14.8. The van der Waals surface area contributed by atoms with Crippen molar-refractivity contribution in [2.45, 2.75) is 78.5 Å². The average molecular weight is 434 g/mol. The Bertz CT molecular complexity index is 693. The van der Waals surface area contributed by atoms with Crippen LogP contribution in [0.1, 0.15) is 70.9 Å². The summed E-state index contributed by atoms with van der Waals surface area (Å²) in [6.45, 7) is 13.8. The number of carboxylic acid groups (broad SMARTS) is 2. The molecule has 6 nitrogen and oxygen atoms in total. The van der Waals surface area contributed by atoms with Crippen LogP contribution < -0.4 is 0 Å². The molecule has 0 amide bonds. The second kappa shape index (κ2) is 11.6. The zero-order valence-corrected chi connectivity index (χ0v) is 19.5. The largest absolute Gasteiger partial charge is 0.473 e. The highest BCUT2D eigenvalue weighted by Crippen LogP contribution is 2.37. The molecule has 1 aromatic carbocycles. The van der Waals surface area contributed by atoms with Gasteiger partial charge in [-0.15, -0.1) is 0 Å². The molecule has 31 heavy (non-hydrogen) atoms. The molecular formula is C25H39NO5. The third-order valence-corrected chi connectivity index (χ3v) is 6.42. The van der Waals surface area contributed by atoms with Crippen LogP contribution in [-0.2, 0) is 27.4 Å². The van der Waals surface area contributed by atoms with Gasteiger partial charge in [0, 0.05) is 19.7 Å². The van der Waals surface area contributed by atoms with Gasteiger partial charge in [-0.25, -0.2) is 9.59 Å². The summed E-state index contributed by atoms with van der Waals surface area (Å²) in [5.41, 5.74) is 3.14. The fourth-order valence-electron chi connectivity index (χ4n) is 4.75. The summed E-state index contributed by atoms with van der Waals surface area (Å²) in [6.07, 6.45) is 6.59. The summed E-state index contributed by atoms with van der Waals surface area (Å²) in [7, 11) is 0. The molecule has 6 heteroatoms. The third kappa shape index (κ3) is 8.62. The van der Waals surface area contributed by atoms with Crippen molar-refractivity contribution in [2.75, 3.05) is 13.2 Å². The summed E-state index contributed by atoms with van der Waals surface area (Å²) < 4.78 is 5.98. The predicted octanol–water partition coefficient (Wildman–Crippen LogP) is 4.81. The van der Waals surface area contributed by atoms with Gasteiger partial charge in [-0.05, 0) is 75.0 Å². The summed E-state index contributed by atoms with van der Waals surface area (Å²) >= 11 is 0. The van der Waals surface area contributed by atoms with Crippen LogP contribution in [0.4, 0.5) is 0 Å². The Hall–Kier alpha value is -1.92. The first-order chi connectivity index (χ1) is 14.6. The predicted molar refractivity (Wildman–Crippen MR) is 121 cm³/mol. The molecule has 2 unspecified atom stereocenters. The number of hydrogen-bond donors (Lipinski definition) is 2. The molecule has 0 radical (unpaired) electrons. The highest BCUT2D eigenvalue weighted by Gasteiger charge is 2.33. The van der Waals surface area contributed by atoms with Gasteiger partial charge in [0.05, 0.1) is 5.60 Å². The molecule has 1 saturated heterocycles. The Balaban J connectivity index is 0.000000501. The van der Waals surface area contributed by atoms with E-state index in [-0.39, 0.29) is 5.60 Å². The monoisotopic (exact) mass is 433 g/mol. The third-order valence-electron chi connectivity index (χ3n) is 6.42. The number of rotatable bonds is 7. The smallest absolute Gasteiger partial charge is 0.414 e. The van der Waals surface area contributed by atoms with E-state index < -0.39 is 11.9 Å². The van der Waals surface area contributed by atoms with Gasteiger partial charge in [-0.3, -0.25) is 4.90 Å². The Morgan fingerprint density at radius 1 is 1.06 bits per heavy atom. The fourth-order valence-corrected chi connectivity index (χ4v) is 4.75. The van der Waals surface area contributed by atoms with Gasteiger partial charge in [-0.1, -0.05) is 44.5 Å². The standard InChI is InChI=1S/C23H37NO.C2H2O4/c1-18(2)9-10-19(20-12-14-25-23(3,4)15-20)11-13-24-16-21-7-5-6-8-22(21)17-24;3-1(4)2(5)6/h5-8,18-20H,9-17H2,1-4H3;(H,3,4)(H,5,6). The van der Waals surface area contributed by atoms with E-state index in [1.807, 2.05) is 0 Å². The highest BCUT2D eigenvalue weighted by atomic mass is 16.5. The number of benzene rings is 1. The maximum atomic E-state index is 9.10. The normalized spacial score (nSPS) is 21.1. The van der Waals surface area contributed by atoms with Crippen LogP contribution in [0, 0.1) is 17.8 Å². The van der Waals surface area contributed by atoms with Crippen LogP contribution in [0.25, 0.3) is 0 Å². The van der Waals surface area contributed by atoms with E-state index in [4.69, 9.17) is 24.5 Å². The summed E-state index contributed by atoms with van der Waals surface area (Å²) in [4.78, 5) is 20.8. The summed E-state index contributed by atoms with van der Waals surface area (Å²) in [6, 6.07) is 8.95. The van der Waals surface area contributed by atoms with Crippen LogP contribution >= 0.6 is 0 Å². The van der Waals surface area contributed by atoms with E-state index in [0.29, 0.717) is 0 Å². The zero-order valence-electron chi connectivity index (χ0n) is 19.5. The van der Waals surface area contributed by atoms with Crippen molar-refractivity contribution in [1.29, 1.82) is 0 Å². The van der Waals surface area contributed by atoms with Crippen LogP contribution in [0.2, 0.25) is 0 Å². The van der Waals surface area contributed by atoms with Crippen LogP contribution in [-0.4, -0.2) is 45.8 Å². The van der Waals surface area contributed by atoms with Crippen molar-refractivity contribution in [3.05, 3.63) is 35.4 Å². The van der Waals surface area contributed by atoms with Crippen molar-refractivity contribution in [2.24, 2.45) is 17.8 Å². The van der Waals surface area contributed by atoms with Gasteiger partial charge in [0.25, 0.3) is 0 Å². The molecule has 0 spiro atoms. The number of aliphatic carboxylic acids is 2. The molecule has 0 bridgehead atoms. The van der Waals surface area contributed by atoms with Gasteiger partial charge in [0.15, 0.2) is 0 Å². The topological polar surface area (TPSA) is 87.1 Å². The number of hydrogen-bond acceptors (Lipinski definition) is 4. The lowest BCUT2D eigenvalue weighted by atomic mass is 9.75. The van der Waals surface area contributed by atoms with Gasteiger partial charge < -0.3 is 14.9 Å². The zero-order chi connectivity index (χ0) is 23.0. The molecule has 2 aliphatic heterocycles. The van der Waals surface area contributed by atoms with E-state index in [1.165, 1.54) is 49.8 Å². The van der Waals surface area contributed by atoms with Crippen molar-refractivity contribution < 1.29 is 24.5 Å². The molecule has 3 rings (SSSR count). The van der Waals surface area contributed by atoms with Crippen LogP contribution in [0.5, 0.6) is 0 Å². The maximum absolute atomic E-state index is 9.10. The van der Waals surface area contributed by atoms with Gasteiger partial charge in [0.1, 0.15) is 0 Å².